The second-order valence-electron chi connectivity index (χ2n) is 10.8. The lowest BCUT2D eigenvalue weighted by atomic mass is 9.77. The van der Waals surface area contributed by atoms with E-state index in [9.17, 15) is 4.79 Å². The second-order valence-corrected chi connectivity index (χ2v) is 10.8. The topological polar surface area (TPSA) is 74.6 Å². The van der Waals surface area contributed by atoms with E-state index < -0.39 is 24.4 Å². The van der Waals surface area contributed by atoms with Gasteiger partial charge in [-0.3, -0.25) is 4.68 Å². The van der Waals surface area contributed by atoms with Crippen molar-refractivity contribution in [2.45, 2.75) is 51.7 Å². The molecule has 7 nitrogen and oxygen atoms in total. The minimum Gasteiger partial charge on any atom is -0.449 e. The van der Waals surface area contributed by atoms with Crippen LogP contribution in [0.2, 0.25) is 0 Å². The molecule has 5 rings (SSSR count). The highest BCUT2D eigenvalue weighted by atomic mass is 16.7. The molecular formula is C29H34BN3O4. The Kier molecular flexibility index (Phi) is 6.50. The van der Waals surface area contributed by atoms with E-state index in [1.807, 2.05) is 78.2 Å². The van der Waals surface area contributed by atoms with Crippen LogP contribution in [0.15, 0.2) is 60.2 Å². The molecule has 2 heterocycles. The number of nitrogens with zero attached hydrogens (tertiary/aromatic N) is 2. The van der Waals surface area contributed by atoms with Gasteiger partial charge in [0.05, 0.1) is 16.9 Å². The summed E-state index contributed by atoms with van der Waals surface area (Å²) < 4.78 is 20.1. The number of amides is 1. The second kappa shape index (κ2) is 9.51. The Morgan fingerprint density at radius 1 is 1.05 bits per heavy atom. The van der Waals surface area contributed by atoms with Gasteiger partial charge in [0, 0.05) is 31.3 Å². The van der Waals surface area contributed by atoms with Gasteiger partial charge in [-0.15, -0.1) is 0 Å². The predicted octanol–water partition coefficient (Wildman–Crippen LogP) is 5.28. The number of carbonyl (C=O) groups excluding carboxylic acids is 1. The fourth-order valence-corrected chi connectivity index (χ4v) is 4.98. The van der Waals surface area contributed by atoms with Crippen LogP contribution in [0.25, 0.3) is 17.2 Å². The number of benzene rings is 2. The summed E-state index contributed by atoms with van der Waals surface area (Å²) in [6.45, 7) is 10.5. The molecule has 1 aliphatic heterocycles. The average molecular weight is 499 g/mol. The fraction of sp³-hybridized carbons (Fsp3) is 0.379. The van der Waals surface area contributed by atoms with Crippen LogP contribution in [0.5, 0.6) is 0 Å². The van der Waals surface area contributed by atoms with Gasteiger partial charge in [0.2, 0.25) is 0 Å². The summed E-state index contributed by atoms with van der Waals surface area (Å²) in [5.41, 5.74) is 6.40. The molecule has 8 heteroatoms. The minimum atomic E-state index is -0.599. The number of ether oxygens (including phenoxy) is 1. The summed E-state index contributed by atoms with van der Waals surface area (Å²) in [7, 11) is 1.28. The molecule has 2 aromatic carbocycles. The molecule has 3 aromatic rings. The van der Waals surface area contributed by atoms with Gasteiger partial charge in [-0.05, 0) is 62.3 Å². The summed E-state index contributed by atoms with van der Waals surface area (Å²) >= 11 is 0. The van der Waals surface area contributed by atoms with Crippen molar-refractivity contribution >= 4 is 19.3 Å². The molecule has 1 amide bonds. The molecular weight excluding hydrogens is 465 g/mol. The number of alkyl carbamates (subject to hydrolysis) is 1. The Morgan fingerprint density at radius 3 is 2.16 bits per heavy atom. The van der Waals surface area contributed by atoms with Crippen molar-refractivity contribution in [1.82, 2.24) is 15.1 Å². The number of carbonyl (C=O) groups is 1. The predicted molar refractivity (Wildman–Crippen MR) is 145 cm³/mol. The Bertz CT molecular complexity index is 1300. The van der Waals surface area contributed by atoms with Gasteiger partial charge in [-0.2, -0.15) is 5.10 Å². The van der Waals surface area contributed by atoms with Crippen molar-refractivity contribution < 1.29 is 18.8 Å². The summed E-state index contributed by atoms with van der Waals surface area (Å²) in [5, 5.41) is 7.35. The number of hydrogen-bond acceptors (Lipinski definition) is 5. The van der Waals surface area contributed by atoms with Gasteiger partial charge >= 0.3 is 13.2 Å². The van der Waals surface area contributed by atoms with Crippen LogP contribution in [0.1, 0.15) is 56.0 Å². The zero-order chi connectivity index (χ0) is 26.4. The van der Waals surface area contributed by atoms with Crippen LogP contribution in [-0.2, 0) is 21.1 Å². The standard InChI is InChI=1S/C29H34BN3O4/c1-19-20(17-33(6)32-19)15-21(30-36-28(2,3)29(4,5)37-30)16-31-27(34)35-18-26-24-13-9-7-11-22(24)23-12-8-10-14-25(23)26/h7-15,17,26H,16,18H2,1-6H3,(H,31,34). The van der Waals surface area contributed by atoms with Crippen LogP contribution < -0.4 is 5.32 Å². The van der Waals surface area contributed by atoms with Crippen molar-refractivity contribution in [3.63, 3.8) is 0 Å². The minimum absolute atomic E-state index is 0.00861. The average Bonchev–Trinajstić information content (AvgIpc) is 3.42. The van der Waals surface area contributed by atoms with E-state index in [2.05, 4.69) is 34.7 Å². The lowest BCUT2D eigenvalue weighted by Crippen LogP contribution is -2.41. The van der Waals surface area contributed by atoms with E-state index in [1.54, 1.807) is 4.68 Å². The summed E-state index contributed by atoms with van der Waals surface area (Å²) in [4.78, 5) is 12.9. The molecule has 0 spiro atoms. The number of nitrogens with one attached hydrogen (secondary N) is 1. The first-order valence-corrected chi connectivity index (χ1v) is 12.7. The van der Waals surface area contributed by atoms with Crippen molar-refractivity contribution in [2.75, 3.05) is 13.2 Å². The normalized spacial score (nSPS) is 18.0. The molecule has 0 bridgehead atoms. The first kappa shape index (κ1) is 25.3. The van der Waals surface area contributed by atoms with Crippen LogP contribution in [0, 0.1) is 6.92 Å². The van der Waals surface area contributed by atoms with Crippen molar-refractivity contribution in [2.24, 2.45) is 7.05 Å². The van der Waals surface area contributed by atoms with E-state index in [0.29, 0.717) is 0 Å². The number of rotatable bonds is 6. The monoisotopic (exact) mass is 499 g/mol. The summed E-state index contributed by atoms with van der Waals surface area (Å²) in [5.74, 6) is 0.00861. The van der Waals surface area contributed by atoms with Crippen molar-refractivity contribution in [3.05, 3.63) is 82.6 Å². The van der Waals surface area contributed by atoms with Crippen LogP contribution in [0.4, 0.5) is 4.79 Å². The van der Waals surface area contributed by atoms with Gasteiger partial charge in [-0.25, -0.2) is 4.79 Å². The number of aryl methyl sites for hydroxylation is 2. The van der Waals surface area contributed by atoms with Gasteiger partial charge in [-0.1, -0.05) is 54.6 Å². The van der Waals surface area contributed by atoms with Crippen LogP contribution >= 0.6 is 0 Å². The van der Waals surface area contributed by atoms with E-state index >= 15 is 0 Å². The Balaban J connectivity index is 1.30. The van der Waals surface area contributed by atoms with Gasteiger partial charge in [0.15, 0.2) is 0 Å². The van der Waals surface area contributed by atoms with Crippen molar-refractivity contribution in [1.29, 1.82) is 0 Å². The van der Waals surface area contributed by atoms with E-state index in [1.165, 1.54) is 22.3 Å². The molecule has 0 saturated carbocycles. The number of hydrogen-bond donors (Lipinski definition) is 1. The first-order valence-electron chi connectivity index (χ1n) is 12.7. The molecule has 1 saturated heterocycles. The molecule has 0 atom stereocenters. The highest BCUT2D eigenvalue weighted by Crippen LogP contribution is 2.44. The Hall–Kier alpha value is -3.36. The van der Waals surface area contributed by atoms with Crippen LogP contribution in [0.3, 0.4) is 0 Å². The van der Waals surface area contributed by atoms with Gasteiger partial charge in [0.1, 0.15) is 6.61 Å². The van der Waals surface area contributed by atoms with Gasteiger partial charge in [0.25, 0.3) is 0 Å². The molecule has 37 heavy (non-hydrogen) atoms. The number of fused-ring (bicyclic) bond motifs is 3. The summed E-state index contributed by atoms with van der Waals surface area (Å²) in [6.07, 6.45) is 3.44. The Labute approximate surface area is 219 Å². The van der Waals surface area contributed by atoms with E-state index in [-0.39, 0.29) is 19.1 Å². The lowest BCUT2D eigenvalue weighted by molar-refractivity contribution is 0.00578. The third-order valence-electron chi connectivity index (χ3n) is 7.73. The molecule has 0 radical (unpaired) electrons. The van der Waals surface area contributed by atoms with Crippen molar-refractivity contribution in [3.8, 4) is 11.1 Å². The molecule has 2 aliphatic rings. The highest BCUT2D eigenvalue weighted by Gasteiger charge is 2.52. The maximum atomic E-state index is 12.9. The first-order chi connectivity index (χ1) is 17.6. The maximum absolute atomic E-state index is 12.9. The SMILES string of the molecule is Cc1nn(C)cc1C=C(CNC(=O)OCC1c2ccccc2-c2ccccc21)B1OC(C)(C)C(C)(C)O1. The molecule has 1 aliphatic carbocycles. The Morgan fingerprint density at radius 2 is 1.62 bits per heavy atom. The van der Waals surface area contributed by atoms with Gasteiger partial charge < -0.3 is 19.4 Å². The summed E-state index contributed by atoms with van der Waals surface area (Å²) in [6, 6.07) is 16.6. The lowest BCUT2D eigenvalue weighted by Gasteiger charge is -2.32. The van der Waals surface area contributed by atoms with E-state index in [4.69, 9.17) is 14.0 Å². The third-order valence-corrected chi connectivity index (χ3v) is 7.73. The number of aromatic nitrogens is 2. The fourth-order valence-electron chi connectivity index (χ4n) is 4.98. The smallest absolute Gasteiger partial charge is 0.449 e. The largest absolute Gasteiger partial charge is 0.492 e. The molecule has 192 valence electrons. The maximum Gasteiger partial charge on any atom is 0.492 e. The van der Waals surface area contributed by atoms with Crippen LogP contribution in [-0.4, -0.2) is 47.3 Å². The third kappa shape index (κ3) is 4.83. The quantitative estimate of drug-likeness (QED) is 0.467. The zero-order valence-electron chi connectivity index (χ0n) is 22.4. The van der Waals surface area contributed by atoms with E-state index in [0.717, 1.165) is 16.7 Å². The molecule has 1 fully saturated rings. The molecule has 1 N–H and O–H groups in total. The molecule has 0 unspecified atom stereocenters. The highest BCUT2D eigenvalue weighted by molar-refractivity contribution is 6.56. The molecule has 1 aromatic heterocycles. The zero-order valence-corrected chi connectivity index (χ0v) is 22.4.